The summed E-state index contributed by atoms with van der Waals surface area (Å²) >= 11 is 0. The smallest absolute Gasteiger partial charge is 0.137 e. The number of hydrogen-bond donors (Lipinski definition) is 0. The molecule has 0 saturated heterocycles. The number of anilines is 6. The molecular formula is C40H28N2O. The van der Waals surface area contributed by atoms with Crippen molar-refractivity contribution < 1.29 is 4.42 Å². The van der Waals surface area contributed by atoms with Gasteiger partial charge < -0.3 is 14.2 Å². The highest BCUT2D eigenvalue weighted by Crippen LogP contribution is 2.45. The van der Waals surface area contributed by atoms with Crippen LogP contribution < -0.4 is 9.80 Å². The van der Waals surface area contributed by atoms with E-state index in [1.807, 2.05) is 0 Å². The van der Waals surface area contributed by atoms with Gasteiger partial charge in [-0.25, -0.2) is 0 Å². The third kappa shape index (κ3) is 4.39. The summed E-state index contributed by atoms with van der Waals surface area (Å²) in [7, 11) is 0. The number of fused-ring (bicyclic) bond motifs is 5. The predicted molar refractivity (Wildman–Crippen MR) is 181 cm³/mol. The molecular weight excluding hydrogens is 524 g/mol. The molecule has 8 rings (SSSR count). The quantitative estimate of drug-likeness (QED) is 0.205. The highest BCUT2D eigenvalue weighted by Gasteiger charge is 2.21. The third-order valence-electron chi connectivity index (χ3n) is 8.02. The summed E-state index contributed by atoms with van der Waals surface area (Å²) in [5.74, 6) is 0. The number of rotatable bonds is 6. The first-order chi connectivity index (χ1) is 21.3. The predicted octanol–water partition coefficient (Wildman–Crippen LogP) is 11.7. The lowest BCUT2D eigenvalue weighted by Crippen LogP contribution is -2.12. The van der Waals surface area contributed by atoms with E-state index in [1.54, 1.807) is 0 Å². The van der Waals surface area contributed by atoms with Crippen LogP contribution in [0, 0.1) is 0 Å². The fraction of sp³-hybridized carbons (Fsp3) is 0. The van der Waals surface area contributed by atoms with E-state index in [0.717, 1.165) is 56.1 Å². The first-order valence-corrected chi connectivity index (χ1v) is 14.5. The van der Waals surface area contributed by atoms with Gasteiger partial charge in [0.1, 0.15) is 11.2 Å². The van der Waals surface area contributed by atoms with E-state index in [-0.39, 0.29) is 0 Å². The lowest BCUT2D eigenvalue weighted by molar-refractivity contribution is 0.669. The number of benzene rings is 7. The fourth-order valence-electron chi connectivity index (χ4n) is 6.11. The van der Waals surface area contributed by atoms with Crippen molar-refractivity contribution in [2.45, 2.75) is 0 Å². The summed E-state index contributed by atoms with van der Waals surface area (Å²) in [6.07, 6.45) is 0. The molecule has 43 heavy (non-hydrogen) atoms. The maximum Gasteiger partial charge on any atom is 0.137 e. The Labute approximate surface area is 250 Å². The SMILES string of the molecule is c1ccc(N(c2ccccc2)c2ccc(N(c3ccccc3)c3cccc4oc5ccc6ccccc6c5c34)cc2)cc1. The molecule has 0 amide bonds. The van der Waals surface area contributed by atoms with Crippen molar-refractivity contribution in [1.82, 2.24) is 0 Å². The molecule has 7 aromatic carbocycles. The number of para-hydroxylation sites is 3. The topological polar surface area (TPSA) is 19.6 Å². The van der Waals surface area contributed by atoms with E-state index in [0.29, 0.717) is 0 Å². The van der Waals surface area contributed by atoms with Gasteiger partial charge in [-0.15, -0.1) is 0 Å². The van der Waals surface area contributed by atoms with Crippen LogP contribution >= 0.6 is 0 Å². The highest BCUT2D eigenvalue weighted by molar-refractivity contribution is 6.23. The summed E-state index contributed by atoms with van der Waals surface area (Å²) in [5.41, 5.74) is 8.32. The van der Waals surface area contributed by atoms with Crippen LogP contribution in [0.3, 0.4) is 0 Å². The summed E-state index contributed by atoms with van der Waals surface area (Å²) in [5, 5.41) is 4.64. The van der Waals surface area contributed by atoms with Crippen LogP contribution in [0.5, 0.6) is 0 Å². The molecule has 3 nitrogen and oxygen atoms in total. The second-order valence-corrected chi connectivity index (χ2v) is 10.6. The molecule has 3 heteroatoms. The maximum absolute atomic E-state index is 6.44. The third-order valence-corrected chi connectivity index (χ3v) is 8.02. The minimum Gasteiger partial charge on any atom is -0.456 e. The fourth-order valence-corrected chi connectivity index (χ4v) is 6.11. The maximum atomic E-state index is 6.44. The first kappa shape index (κ1) is 25.0. The van der Waals surface area contributed by atoms with Crippen molar-refractivity contribution in [1.29, 1.82) is 0 Å². The Morgan fingerprint density at radius 3 is 1.44 bits per heavy atom. The molecule has 0 aliphatic carbocycles. The average Bonchev–Trinajstić information content (AvgIpc) is 3.47. The Hall–Kier alpha value is -5.80. The van der Waals surface area contributed by atoms with Crippen LogP contribution in [0.15, 0.2) is 174 Å². The first-order valence-electron chi connectivity index (χ1n) is 14.5. The Morgan fingerprint density at radius 2 is 0.814 bits per heavy atom. The molecule has 1 heterocycles. The van der Waals surface area contributed by atoms with Gasteiger partial charge in [-0.3, -0.25) is 0 Å². The van der Waals surface area contributed by atoms with Crippen LogP contribution in [0.2, 0.25) is 0 Å². The zero-order chi connectivity index (χ0) is 28.6. The monoisotopic (exact) mass is 552 g/mol. The molecule has 0 bridgehead atoms. The van der Waals surface area contributed by atoms with Crippen molar-refractivity contribution in [3.63, 3.8) is 0 Å². The Bertz CT molecular complexity index is 2130. The van der Waals surface area contributed by atoms with Crippen molar-refractivity contribution in [2.24, 2.45) is 0 Å². The summed E-state index contributed by atoms with van der Waals surface area (Å²) in [6.45, 7) is 0. The lowest BCUT2D eigenvalue weighted by Gasteiger charge is -2.28. The van der Waals surface area contributed by atoms with Gasteiger partial charge in [0, 0.05) is 33.8 Å². The minimum absolute atomic E-state index is 0.876. The molecule has 0 aliphatic heterocycles. The molecule has 0 N–H and O–H groups in total. The molecule has 0 saturated carbocycles. The molecule has 0 spiro atoms. The van der Waals surface area contributed by atoms with Crippen molar-refractivity contribution in [3.8, 4) is 0 Å². The van der Waals surface area contributed by atoms with Crippen LogP contribution in [0.4, 0.5) is 34.1 Å². The van der Waals surface area contributed by atoms with Gasteiger partial charge in [0.15, 0.2) is 0 Å². The highest BCUT2D eigenvalue weighted by atomic mass is 16.3. The molecule has 0 fully saturated rings. The standard InChI is InChI=1S/C40H28N2O/c1-4-14-30(15-5-1)41(31-16-6-2-7-17-31)33-24-26-34(27-25-33)42(32-18-8-3-9-19-32)36-21-12-22-37-40(36)39-35-20-11-10-13-29(35)23-28-38(39)43-37/h1-28H. The molecule has 0 atom stereocenters. The minimum atomic E-state index is 0.876. The zero-order valence-electron chi connectivity index (χ0n) is 23.5. The molecule has 204 valence electrons. The van der Waals surface area contributed by atoms with Crippen molar-refractivity contribution >= 4 is 66.8 Å². The van der Waals surface area contributed by atoms with Gasteiger partial charge in [-0.05, 0) is 89.6 Å². The molecule has 1 aromatic heterocycles. The lowest BCUT2D eigenvalue weighted by atomic mass is 10.0. The Morgan fingerprint density at radius 1 is 0.326 bits per heavy atom. The van der Waals surface area contributed by atoms with Crippen molar-refractivity contribution in [2.75, 3.05) is 9.80 Å². The van der Waals surface area contributed by atoms with E-state index in [9.17, 15) is 0 Å². The van der Waals surface area contributed by atoms with Crippen molar-refractivity contribution in [3.05, 3.63) is 170 Å². The number of nitrogens with zero attached hydrogens (tertiary/aromatic N) is 2. The summed E-state index contributed by atoms with van der Waals surface area (Å²) in [4.78, 5) is 4.62. The van der Waals surface area contributed by atoms with E-state index in [4.69, 9.17) is 4.42 Å². The second-order valence-electron chi connectivity index (χ2n) is 10.6. The average molecular weight is 553 g/mol. The van der Waals surface area contributed by atoms with Gasteiger partial charge in [0.25, 0.3) is 0 Å². The Kier molecular flexibility index (Phi) is 6.12. The zero-order valence-corrected chi connectivity index (χ0v) is 23.5. The van der Waals surface area contributed by atoms with Crippen LogP contribution in [0.25, 0.3) is 32.7 Å². The Balaban J connectivity index is 1.32. The summed E-state index contributed by atoms with van der Waals surface area (Å²) < 4.78 is 6.44. The largest absolute Gasteiger partial charge is 0.456 e. The van der Waals surface area contributed by atoms with Crippen LogP contribution in [-0.4, -0.2) is 0 Å². The van der Waals surface area contributed by atoms with Crippen LogP contribution in [-0.2, 0) is 0 Å². The molecule has 8 aromatic rings. The van der Waals surface area contributed by atoms with E-state index in [2.05, 4.69) is 180 Å². The molecule has 0 radical (unpaired) electrons. The van der Waals surface area contributed by atoms with Gasteiger partial charge in [0.2, 0.25) is 0 Å². The van der Waals surface area contributed by atoms with E-state index in [1.165, 1.54) is 10.8 Å². The second kappa shape index (κ2) is 10.6. The van der Waals surface area contributed by atoms with Gasteiger partial charge in [0.05, 0.1) is 11.1 Å². The normalized spacial score (nSPS) is 11.3. The van der Waals surface area contributed by atoms with Gasteiger partial charge in [-0.2, -0.15) is 0 Å². The van der Waals surface area contributed by atoms with Gasteiger partial charge >= 0.3 is 0 Å². The molecule has 0 aliphatic rings. The number of furan rings is 1. The summed E-state index contributed by atoms with van der Waals surface area (Å²) in [6, 6.07) is 59.5. The number of hydrogen-bond acceptors (Lipinski definition) is 3. The van der Waals surface area contributed by atoms with Gasteiger partial charge in [-0.1, -0.05) is 91.0 Å². The van der Waals surface area contributed by atoms with E-state index >= 15 is 0 Å². The van der Waals surface area contributed by atoms with Crippen LogP contribution in [0.1, 0.15) is 0 Å². The molecule has 0 unspecified atom stereocenters. The van der Waals surface area contributed by atoms with E-state index < -0.39 is 0 Å².